The summed E-state index contributed by atoms with van der Waals surface area (Å²) in [7, 11) is 0. The van der Waals surface area contributed by atoms with Gasteiger partial charge in [-0.2, -0.15) is 0 Å². The van der Waals surface area contributed by atoms with Crippen LogP contribution in [-0.4, -0.2) is 48.4 Å². The van der Waals surface area contributed by atoms with Gasteiger partial charge >= 0.3 is 0 Å². The van der Waals surface area contributed by atoms with Crippen LogP contribution < -0.4 is 5.32 Å². The van der Waals surface area contributed by atoms with Crippen LogP contribution in [0.4, 0.5) is 10.1 Å². The molecule has 0 aliphatic carbocycles. The number of hydrogen-bond donors (Lipinski definition) is 1. The van der Waals surface area contributed by atoms with E-state index in [9.17, 15) is 9.18 Å². The summed E-state index contributed by atoms with van der Waals surface area (Å²) in [4.78, 5) is 16.5. The zero-order valence-electron chi connectivity index (χ0n) is 13.9. The second-order valence-corrected chi connectivity index (χ2v) is 6.62. The molecule has 0 unspecified atom stereocenters. The van der Waals surface area contributed by atoms with Gasteiger partial charge in [0.1, 0.15) is 5.82 Å². The smallest absolute Gasteiger partial charge is 0.238 e. The molecular weight excluding hydrogens is 341 g/mol. The van der Waals surface area contributed by atoms with Crippen LogP contribution in [0.5, 0.6) is 0 Å². The van der Waals surface area contributed by atoms with Gasteiger partial charge in [0.15, 0.2) is 0 Å². The van der Waals surface area contributed by atoms with Crippen LogP contribution >= 0.6 is 11.6 Å². The summed E-state index contributed by atoms with van der Waals surface area (Å²) in [6.07, 6.45) is 0. The molecule has 2 aromatic rings. The van der Waals surface area contributed by atoms with Crippen molar-refractivity contribution in [3.05, 3.63) is 64.9 Å². The molecule has 6 heteroatoms. The minimum Gasteiger partial charge on any atom is -0.325 e. The number of para-hydroxylation sites is 1. The van der Waals surface area contributed by atoms with Crippen LogP contribution in [0.3, 0.4) is 0 Å². The number of piperazine rings is 1. The number of hydrogen-bond acceptors (Lipinski definition) is 3. The fourth-order valence-corrected chi connectivity index (χ4v) is 3.13. The van der Waals surface area contributed by atoms with Gasteiger partial charge in [-0.05, 0) is 29.8 Å². The number of nitrogens with one attached hydrogen (secondary N) is 1. The number of benzene rings is 2. The monoisotopic (exact) mass is 361 g/mol. The van der Waals surface area contributed by atoms with E-state index in [-0.39, 0.29) is 16.7 Å². The zero-order valence-corrected chi connectivity index (χ0v) is 14.7. The Labute approximate surface area is 152 Å². The van der Waals surface area contributed by atoms with Crippen molar-refractivity contribution in [2.45, 2.75) is 6.54 Å². The molecule has 25 heavy (non-hydrogen) atoms. The lowest BCUT2D eigenvalue weighted by atomic mass is 10.2. The van der Waals surface area contributed by atoms with Gasteiger partial charge in [0.2, 0.25) is 5.91 Å². The van der Waals surface area contributed by atoms with Crippen LogP contribution in [-0.2, 0) is 11.3 Å². The fourth-order valence-electron chi connectivity index (χ4n) is 2.93. The van der Waals surface area contributed by atoms with E-state index in [4.69, 9.17) is 11.6 Å². The van der Waals surface area contributed by atoms with Crippen molar-refractivity contribution in [2.24, 2.45) is 0 Å². The molecule has 0 aromatic heterocycles. The Kier molecular flexibility index (Phi) is 6.02. The van der Waals surface area contributed by atoms with Crippen LogP contribution in [0.1, 0.15) is 5.56 Å². The molecule has 0 bridgehead atoms. The van der Waals surface area contributed by atoms with Gasteiger partial charge in [0.05, 0.1) is 11.6 Å². The van der Waals surface area contributed by atoms with E-state index >= 15 is 0 Å². The lowest BCUT2D eigenvalue weighted by Gasteiger charge is -2.34. The summed E-state index contributed by atoms with van der Waals surface area (Å²) in [5.41, 5.74) is 1.82. The Balaban J connectivity index is 1.43. The number of halogens is 2. The molecule has 4 nitrogen and oxygen atoms in total. The fraction of sp³-hybridized carbons (Fsp3) is 0.316. The molecule has 1 heterocycles. The molecule has 0 radical (unpaired) electrons. The molecule has 2 aromatic carbocycles. The van der Waals surface area contributed by atoms with Crippen molar-refractivity contribution >= 4 is 23.2 Å². The first-order valence-electron chi connectivity index (χ1n) is 8.34. The maximum atomic E-state index is 13.2. The highest BCUT2D eigenvalue weighted by molar-refractivity contribution is 6.30. The van der Waals surface area contributed by atoms with E-state index in [1.807, 2.05) is 30.3 Å². The largest absolute Gasteiger partial charge is 0.325 e. The Morgan fingerprint density at radius 1 is 1.04 bits per heavy atom. The Bertz CT molecular complexity index is 718. The lowest BCUT2D eigenvalue weighted by Crippen LogP contribution is -2.48. The molecule has 132 valence electrons. The minimum absolute atomic E-state index is 0.00460. The van der Waals surface area contributed by atoms with Gasteiger partial charge in [-0.3, -0.25) is 14.6 Å². The van der Waals surface area contributed by atoms with E-state index in [0.717, 1.165) is 44.0 Å². The average molecular weight is 362 g/mol. The maximum Gasteiger partial charge on any atom is 0.238 e. The quantitative estimate of drug-likeness (QED) is 0.888. The van der Waals surface area contributed by atoms with E-state index < -0.39 is 0 Å². The van der Waals surface area contributed by atoms with Crippen LogP contribution in [0.25, 0.3) is 0 Å². The Morgan fingerprint density at radius 3 is 2.40 bits per heavy atom. The minimum atomic E-state index is -0.389. The summed E-state index contributed by atoms with van der Waals surface area (Å²) >= 11 is 5.83. The summed E-state index contributed by atoms with van der Waals surface area (Å²) in [5, 5.41) is 3.07. The summed E-state index contributed by atoms with van der Waals surface area (Å²) in [6, 6.07) is 14.3. The first-order valence-corrected chi connectivity index (χ1v) is 8.71. The van der Waals surface area contributed by atoms with Crippen LogP contribution in [0, 0.1) is 5.82 Å². The average Bonchev–Trinajstić information content (AvgIpc) is 2.61. The van der Waals surface area contributed by atoms with Gasteiger partial charge < -0.3 is 5.32 Å². The molecule has 1 fully saturated rings. The van der Waals surface area contributed by atoms with E-state index in [2.05, 4.69) is 15.1 Å². The molecule has 1 saturated heterocycles. The van der Waals surface area contributed by atoms with Gasteiger partial charge in [0, 0.05) is 38.4 Å². The summed E-state index contributed by atoms with van der Waals surface area (Å²) in [6.45, 7) is 4.53. The molecule has 0 atom stereocenters. The third-order valence-electron chi connectivity index (χ3n) is 4.28. The second kappa shape index (κ2) is 8.43. The predicted molar refractivity (Wildman–Crippen MR) is 98.2 cm³/mol. The molecule has 0 saturated carbocycles. The highest BCUT2D eigenvalue weighted by atomic mass is 35.5. The first-order chi connectivity index (χ1) is 12.1. The molecule has 0 spiro atoms. The van der Waals surface area contributed by atoms with Crippen molar-refractivity contribution in [2.75, 3.05) is 38.0 Å². The van der Waals surface area contributed by atoms with Crippen molar-refractivity contribution in [3.63, 3.8) is 0 Å². The highest BCUT2D eigenvalue weighted by Gasteiger charge is 2.19. The highest BCUT2D eigenvalue weighted by Crippen LogP contribution is 2.18. The summed E-state index contributed by atoms with van der Waals surface area (Å²) < 4.78 is 13.2. The van der Waals surface area contributed by atoms with E-state index in [1.54, 1.807) is 12.1 Å². The Morgan fingerprint density at radius 2 is 1.72 bits per heavy atom. The van der Waals surface area contributed by atoms with E-state index in [0.29, 0.717) is 6.54 Å². The van der Waals surface area contributed by atoms with Gasteiger partial charge in [0.25, 0.3) is 0 Å². The number of amides is 1. The molecule has 1 N–H and O–H groups in total. The number of anilines is 1. The molecule has 3 rings (SSSR count). The predicted octanol–water partition coefficient (Wildman–Crippen LogP) is 3.24. The third kappa shape index (κ3) is 5.26. The first kappa shape index (κ1) is 17.9. The van der Waals surface area contributed by atoms with Crippen molar-refractivity contribution < 1.29 is 9.18 Å². The number of nitrogens with zero attached hydrogens (tertiary/aromatic N) is 2. The topological polar surface area (TPSA) is 35.6 Å². The maximum absolute atomic E-state index is 13.2. The molecule has 1 aliphatic rings. The van der Waals surface area contributed by atoms with Crippen LogP contribution in [0.2, 0.25) is 5.02 Å². The SMILES string of the molecule is O=C(CN1CCN(Cc2ccc(F)c(Cl)c2)CC1)Nc1ccccc1. The standard InChI is InChI=1S/C19H21ClFN3O/c20-17-12-15(6-7-18(17)21)13-23-8-10-24(11-9-23)14-19(25)22-16-4-2-1-3-5-16/h1-7,12H,8-11,13-14H2,(H,22,25). The molecule has 1 aliphatic heterocycles. The van der Waals surface area contributed by atoms with E-state index in [1.165, 1.54) is 6.07 Å². The van der Waals surface area contributed by atoms with Crippen molar-refractivity contribution in [1.82, 2.24) is 9.80 Å². The molecular formula is C19H21ClFN3O. The molecule has 1 amide bonds. The van der Waals surface area contributed by atoms with Crippen molar-refractivity contribution in [1.29, 1.82) is 0 Å². The van der Waals surface area contributed by atoms with Crippen LogP contribution in [0.15, 0.2) is 48.5 Å². The van der Waals surface area contributed by atoms with Crippen molar-refractivity contribution in [3.8, 4) is 0 Å². The van der Waals surface area contributed by atoms with Gasteiger partial charge in [-0.25, -0.2) is 4.39 Å². The third-order valence-corrected chi connectivity index (χ3v) is 4.57. The Hall–Kier alpha value is -1.95. The van der Waals surface area contributed by atoms with Gasteiger partial charge in [-0.15, -0.1) is 0 Å². The normalized spacial score (nSPS) is 15.9. The van der Waals surface area contributed by atoms with Gasteiger partial charge in [-0.1, -0.05) is 35.9 Å². The second-order valence-electron chi connectivity index (χ2n) is 6.21. The number of carbonyl (C=O) groups excluding carboxylic acids is 1. The number of rotatable bonds is 5. The summed E-state index contributed by atoms with van der Waals surface area (Å²) in [5.74, 6) is -0.385. The number of carbonyl (C=O) groups is 1. The zero-order chi connectivity index (χ0) is 17.6. The lowest BCUT2D eigenvalue weighted by molar-refractivity contribution is -0.117.